The molecule has 1 fully saturated rings. The van der Waals surface area contributed by atoms with Gasteiger partial charge < -0.3 is 14.2 Å². The summed E-state index contributed by atoms with van der Waals surface area (Å²) in [7, 11) is 0. The Kier molecular flexibility index (Phi) is 3.63. The smallest absolute Gasteiger partial charge is 0.338 e. The van der Waals surface area contributed by atoms with Crippen molar-refractivity contribution in [2.45, 2.75) is 6.29 Å². The van der Waals surface area contributed by atoms with Crippen LogP contribution in [-0.4, -0.2) is 24.8 Å². The molecule has 0 spiro atoms. The Bertz CT molecular complexity index is 721. The SMILES string of the molecule is O=C(OCC1=C[C@H]2[C@@H]3C=C[C@H]2C(=O)O[C@@H]3O1)c1ccc(I)cc1. The lowest BCUT2D eigenvalue weighted by atomic mass is 9.83. The summed E-state index contributed by atoms with van der Waals surface area (Å²) in [6.07, 6.45) is 5.11. The van der Waals surface area contributed by atoms with Gasteiger partial charge in [0.2, 0.25) is 0 Å². The Morgan fingerprint density at radius 2 is 1.91 bits per heavy atom. The monoisotopic (exact) mass is 424 g/mol. The van der Waals surface area contributed by atoms with Crippen molar-refractivity contribution >= 4 is 34.5 Å². The summed E-state index contributed by atoms with van der Waals surface area (Å²) in [6.45, 7) is 0.0365. The lowest BCUT2D eigenvalue weighted by Crippen LogP contribution is -2.44. The predicted octanol–water partition coefficient (Wildman–Crippen LogP) is 2.66. The first kappa shape index (κ1) is 14.7. The van der Waals surface area contributed by atoms with Gasteiger partial charge in [0.1, 0.15) is 12.4 Å². The minimum atomic E-state index is -0.612. The molecule has 4 atom stereocenters. The number of carbonyl (C=O) groups is 2. The Balaban J connectivity index is 1.43. The number of carbonyl (C=O) groups excluding carboxylic acids is 2. The molecule has 5 nitrogen and oxygen atoms in total. The summed E-state index contributed by atoms with van der Waals surface area (Å²) in [6, 6.07) is 7.14. The van der Waals surface area contributed by atoms with Crippen LogP contribution in [0.2, 0.25) is 0 Å². The van der Waals surface area contributed by atoms with Crippen molar-refractivity contribution in [1.29, 1.82) is 0 Å². The van der Waals surface area contributed by atoms with Crippen molar-refractivity contribution in [3.8, 4) is 0 Å². The summed E-state index contributed by atoms with van der Waals surface area (Å²) in [5, 5.41) is 0. The van der Waals surface area contributed by atoms with Gasteiger partial charge in [-0.3, -0.25) is 4.79 Å². The van der Waals surface area contributed by atoms with Gasteiger partial charge in [0.25, 0.3) is 6.29 Å². The van der Waals surface area contributed by atoms with Crippen LogP contribution in [0.25, 0.3) is 0 Å². The molecule has 2 heterocycles. The van der Waals surface area contributed by atoms with Crippen molar-refractivity contribution in [3.63, 3.8) is 0 Å². The number of hydrogen-bond acceptors (Lipinski definition) is 5. The van der Waals surface area contributed by atoms with Crippen LogP contribution in [0.4, 0.5) is 0 Å². The van der Waals surface area contributed by atoms with Crippen LogP contribution >= 0.6 is 22.6 Å². The van der Waals surface area contributed by atoms with Crippen LogP contribution in [-0.2, 0) is 19.0 Å². The average Bonchev–Trinajstić information content (AvgIpc) is 2.89. The number of benzene rings is 1. The molecule has 23 heavy (non-hydrogen) atoms. The highest BCUT2D eigenvalue weighted by Gasteiger charge is 2.50. The number of hydrogen-bond donors (Lipinski definition) is 0. The normalized spacial score (nSPS) is 30.3. The van der Waals surface area contributed by atoms with E-state index in [1.165, 1.54) is 0 Å². The lowest BCUT2D eigenvalue weighted by molar-refractivity contribution is -0.204. The molecule has 3 aliphatic rings. The van der Waals surface area contributed by atoms with Gasteiger partial charge in [0.15, 0.2) is 0 Å². The molecule has 0 radical (unpaired) electrons. The van der Waals surface area contributed by atoms with E-state index in [1.807, 2.05) is 30.4 Å². The van der Waals surface area contributed by atoms with E-state index in [2.05, 4.69) is 22.6 Å². The molecule has 0 N–H and O–H groups in total. The third kappa shape index (κ3) is 2.65. The first-order chi connectivity index (χ1) is 11.1. The van der Waals surface area contributed by atoms with Gasteiger partial charge in [-0.25, -0.2) is 4.79 Å². The van der Waals surface area contributed by atoms with Crippen LogP contribution < -0.4 is 0 Å². The van der Waals surface area contributed by atoms with Gasteiger partial charge in [0, 0.05) is 9.49 Å². The minimum absolute atomic E-state index is 0.0365. The maximum absolute atomic E-state index is 12.0. The zero-order valence-corrected chi connectivity index (χ0v) is 14.1. The average molecular weight is 424 g/mol. The van der Waals surface area contributed by atoms with Crippen LogP contribution in [0.3, 0.4) is 0 Å². The number of allylic oxidation sites excluding steroid dienone is 1. The van der Waals surface area contributed by atoms with Gasteiger partial charge in [-0.05, 0) is 52.9 Å². The lowest BCUT2D eigenvalue weighted by Gasteiger charge is -2.38. The first-order valence-corrected chi connectivity index (χ1v) is 8.38. The molecule has 0 saturated carbocycles. The molecule has 6 heteroatoms. The highest BCUT2D eigenvalue weighted by molar-refractivity contribution is 14.1. The summed E-state index contributed by atoms with van der Waals surface area (Å²) >= 11 is 2.17. The highest BCUT2D eigenvalue weighted by atomic mass is 127. The third-order valence-corrected chi connectivity index (χ3v) is 5.01. The fraction of sp³-hybridized carbons (Fsp3) is 0.294. The molecule has 2 aliphatic heterocycles. The van der Waals surface area contributed by atoms with Gasteiger partial charge in [-0.1, -0.05) is 12.2 Å². The summed E-state index contributed by atoms with van der Waals surface area (Å²) in [5.74, 6) is -0.260. The molecule has 1 aromatic carbocycles. The molecule has 4 rings (SSSR count). The van der Waals surface area contributed by atoms with E-state index in [4.69, 9.17) is 14.2 Å². The highest BCUT2D eigenvalue weighted by Crippen LogP contribution is 2.44. The topological polar surface area (TPSA) is 61.8 Å². The minimum Gasteiger partial charge on any atom is -0.455 e. The Hall–Kier alpha value is -1.83. The van der Waals surface area contributed by atoms with E-state index in [-0.39, 0.29) is 30.3 Å². The summed E-state index contributed by atoms with van der Waals surface area (Å²) in [5.41, 5.74) is 0.496. The standard InChI is InChI=1S/C17H13IO5/c18-10-3-1-9(2-4-10)15(19)21-8-11-7-14-12-5-6-13(14)17(22-11)23-16(12)20/h1-7,12-14,17H,8H2/t12-,13+,14-,17+/m1/s1. The predicted molar refractivity (Wildman–Crippen MR) is 88.1 cm³/mol. The van der Waals surface area contributed by atoms with Gasteiger partial charge in [-0.15, -0.1) is 0 Å². The molecule has 0 aromatic heterocycles. The molecular formula is C17H13IO5. The molecule has 118 valence electrons. The number of rotatable bonds is 3. The number of ether oxygens (including phenoxy) is 3. The van der Waals surface area contributed by atoms with Crippen molar-refractivity contribution in [2.75, 3.05) is 6.61 Å². The molecule has 4 bridgehead atoms. The third-order valence-electron chi connectivity index (χ3n) is 4.29. The molecular weight excluding hydrogens is 411 g/mol. The second-order valence-corrected chi connectivity index (χ2v) is 6.95. The largest absolute Gasteiger partial charge is 0.455 e. The van der Waals surface area contributed by atoms with Crippen LogP contribution in [0.1, 0.15) is 10.4 Å². The summed E-state index contributed by atoms with van der Waals surface area (Å²) in [4.78, 5) is 23.8. The Labute approximate surface area is 146 Å². The number of halogens is 1. The first-order valence-electron chi connectivity index (χ1n) is 7.31. The molecule has 1 saturated heterocycles. The Morgan fingerprint density at radius 1 is 1.13 bits per heavy atom. The van der Waals surface area contributed by atoms with E-state index >= 15 is 0 Å². The second-order valence-electron chi connectivity index (χ2n) is 5.70. The fourth-order valence-corrected chi connectivity index (χ4v) is 3.49. The Morgan fingerprint density at radius 3 is 2.70 bits per heavy atom. The zero-order chi connectivity index (χ0) is 16.0. The van der Waals surface area contributed by atoms with Crippen LogP contribution in [0.5, 0.6) is 0 Å². The van der Waals surface area contributed by atoms with E-state index in [1.54, 1.807) is 12.1 Å². The van der Waals surface area contributed by atoms with Crippen molar-refractivity contribution in [1.82, 2.24) is 0 Å². The van der Waals surface area contributed by atoms with Crippen LogP contribution in [0.15, 0.2) is 48.3 Å². The molecule has 1 aliphatic carbocycles. The zero-order valence-electron chi connectivity index (χ0n) is 12.0. The van der Waals surface area contributed by atoms with E-state index in [9.17, 15) is 9.59 Å². The number of esters is 2. The van der Waals surface area contributed by atoms with Crippen molar-refractivity contribution < 1.29 is 23.8 Å². The maximum atomic E-state index is 12.0. The van der Waals surface area contributed by atoms with Gasteiger partial charge >= 0.3 is 11.9 Å². The molecule has 0 unspecified atom stereocenters. The second kappa shape index (κ2) is 5.67. The van der Waals surface area contributed by atoms with Crippen molar-refractivity contribution in [3.05, 3.63) is 57.4 Å². The summed E-state index contributed by atoms with van der Waals surface area (Å²) < 4.78 is 17.3. The molecule has 0 amide bonds. The van der Waals surface area contributed by atoms with Gasteiger partial charge in [-0.2, -0.15) is 0 Å². The van der Waals surface area contributed by atoms with Crippen LogP contribution in [0, 0.1) is 21.3 Å². The maximum Gasteiger partial charge on any atom is 0.338 e. The van der Waals surface area contributed by atoms with E-state index in [0.29, 0.717) is 11.3 Å². The van der Waals surface area contributed by atoms with Crippen molar-refractivity contribution in [2.24, 2.45) is 17.8 Å². The van der Waals surface area contributed by atoms with E-state index in [0.717, 1.165) is 3.57 Å². The fourth-order valence-electron chi connectivity index (χ4n) is 3.13. The van der Waals surface area contributed by atoms with E-state index < -0.39 is 12.3 Å². The quantitative estimate of drug-likeness (QED) is 0.424. The van der Waals surface area contributed by atoms with Gasteiger partial charge in [0.05, 0.1) is 17.4 Å². The molecule has 1 aromatic rings.